The molecule has 0 saturated heterocycles. The van der Waals surface area contributed by atoms with Crippen molar-refractivity contribution in [1.82, 2.24) is 10.1 Å². The van der Waals surface area contributed by atoms with Crippen molar-refractivity contribution >= 4 is 0 Å². The molecule has 0 aliphatic carbocycles. The van der Waals surface area contributed by atoms with Gasteiger partial charge in [0.1, 0.15) is 0 Å². The van der Waals surface area contributed by atoms with Crippen molar-refractivity contribution in [2.75, 3.05) is 6.54 Å². The predicted molar refractivity (Wildman–Crippen MR) is 74.8 cm³/mol. The molecular formula is C15H21N3O. The van der Waals surface area contributed by atoms with Crippen molar-refractivity contribution in [1.29, 1.82) is 0 Å². The van der Waals surface area contributed by atoms with Crippen molar-refractivity contribution in [3.63, 3.8) is 0 Å². The largest absolute Gasteiger partial charge is 0.339 e. The Morgan fingerprint density at radius 1 is 1.16 bits per heavy atom. The molecule has 0 radical (unpaired) electrons. The molecular weight excluding hydrogens is 238 g/mol. The molecule has 1 unspecified atom stereocenters. The first kappa shape index (κ1) is 13.7. The lowest BCUT2D eigenvalue weighted by Crippen LogP contribution is -2.18. The third kappa shape index (κ3) is 3.64. The van der Waals surface area contributed by atoms with Gasteiger partial charge in [0.2, 0.25) is 5.89 Å². The highest BCUT2D eigenvalue weighted by atomic mass is 16.5. The minimum Gasteiger partial charge on any atom is -0.339 e. The summed E-state index contributed by atoms with van der Waals surface area (Å²) in [7, 11) is 0. The predicted octanol–water partition coefficient (Wildman–Crippen LogP) is 2.55. The molecule has 0 aliphatic heterocycles. The molecule has 4 heteroatoms. The average molecular weight is 259 g/mol. The Kier molecular flexibility index (Phi) is 4.68. The Balaban J connectivity index is 1.97. The lowest BCUT2D eigenvalue weighted by Gasteiger charge is -2.13. The standard InChI is InChI=1S/C15H21N3O/c1-11(2)13(10-16)15-17-14(18-19-15)9-8-12-6-4-3-5-7-12/h3-7,11,13H,8-10,16H2,1-2H3. The van der Waals surface area contributed by atoms with Gasteiger partial charge in [0, 0.05) is 13.0 Å². The van der Waals surface area contributed by atoms with Gasteiger partial charge in [-0.05, 0) is 17.9 Å². The first-order chi connectivity index (χ1) is 9.20. The summed E-state index contributed by atoms with van der Waals surface area (Å²) >= 11 is 0. The number of rotatable bonds is 6. The zero-order chi connectivity index (χ0) is 13.7. The molecule has 1 aromatic heterocycles. The van der Waals surface area contributed by atoms with Crippen LogP contribution >= 0.6 is 0 Å². The summed E-state index contributed by atoms with van der Waals surface area (Å²) in [5.41, 5.74) is 7.04. The minimum atomic E-state index is 0.151. The number of nitrogens with zero attached hydrogens (tertiary/aromatic N) is 2. The van der Waals surface area contributed by atoms with Crippen molar-refractivity contribution < 1.29 is 4.52 Å². The zero-order valence-corrected chi connectivity index (χ0v) is 11.5. The Morgan fingerprint density at radius 2 is 1.89 bits per heavy atom. The summed E-state index contributed by atoms with van der Waals surface area (Å²) in [5, 5.41) is 4.04. The van der Waals surface area contributed by atoms with E-state index in [9.17, 15) is 0 Å². The van der Waals surface area contributed by atoms with Crippen molar-refractivity contribution in [2.24, 2.45) is 11.7 Å². The molecule has 0 saturated carbocycles. The summed E-state index contributed by atoms with van der Waals surface area (Å²) in [5.74, 6) is 1.99. The lowest BCUT2D eigenvalue weighted by atomic mass is 9.96. The lowest BCUT2D eigenvalue weighted by molar-refractivity contribution is 0.321. The van der Waals surface area contributed by atoms with Crippen LogP contribution in [0, 0.1) is 5.92 Å². The average Bonchev–Trinajstić information content (AvgIpc) is 2.87. The number of nitrogens with two attached hydrogens (primary N) is 1. The molecule has 1 atom stereocenters. The van der Waals surface area contributed by atoms with Gasteiger partial charge in [-0.1, -0.05) is 49.3 Å². The van der Waals surface area contributed by atoms with Crippen LogP contribution in [0.2, 0.25) is 0 Å². The highest BCUT2D eigenvalue weighted by molar-refractivity contribution is 5.15. The Labute approximate surface area is 114 Å². The third-order valence-electron chi connectivity index (χ3n) is 3.34. The molecule has 19 heavy (non-hydrogen) atoms. The maximum Gasteiger partial charge on any atom is 0.231 e. The quantitative estimate of drug-likeness (QED) is 0.865. The number of hydrogen-bond acceptors (Lipinski definition) is 4. The number of hydrogen-bond donors (Lipinski definition) is 1. The smallest absolute Gasteiger partial charge is 0.231 e. The molecule has 0 amide bonds. The van der Waals surface area contributed by atoms with Gasteiger partial charge in [-0.2, -0.15) is 4.98 Å². The molecule has 102 valence electrons. The van der Waals surface area contributed by atoms with E-state index in [1.165, 1.54) is 5.56 Å². The van der Waals surface area contributed by atoms with Gasteiger partial charge in [-0.15, -0.1) is 0 Å². The monoisotopic (exact) mass is 259 g/mol. The van der Waals surface area contributed by atoms with Crippen LogP contribution in [0.3, 0.4) is 0 Å². The van der Waals surface area contributed by atoms with Gasteiger partial charge in [-0.3, -0.25) is 0 Å². The maximum atomic E-state index is 5.75. The second kappa shape index (κ2) is 6.48. The third-order valence-corrected chi connectivity index (χ3v) is 3.34. The molecule has 2 rings (SSSR count). The molecule has 0 fully saturated rings. The van der Waals surface area contributed by atoms with Crippen molar-refractivity contribution in [3.8, 4) is 0 Å². The van der Waals surface area contributed by atoms with Crippen LogP contribution in [0.25, 0.3) is 0 Å². The summed E-state index contributed by atoms with van der Waals surface area (Å²) in [4.78, 5) is 4.46. The van der Waals surface area contributed by atoms with E-state index in [4.69, 9.17) is 10.3 Å². The van der Waals surface area contributed by atoms with Gasteiger partial charge in [-0.25, -0.2) is 0 Å². The van der Waals surface area contributed by atoms with E-state index >= 15 is 0 Å². The van der Waals surface area contributed by atoms with E-state index < -0.39 is 0 Å². The van der Waals surface area contributed by atoms with Crippen LogP contribution in [0.5, 0.6) is 0 Å². The summed E-state index contributed by atoms with van der Waals surface area (Å²) in [6, 6.07) is 10.3. The van der Waals surface area contributed by atoms with Crippen molar-refractivity contribution in [3.05, 3.63) is 47.6 Å². The highest BCUT2D eigenvalue weighted by Crippen LogP contribution is 2.21. The summed E-state index contributed by atoms with van der Waals surface area (Å²) in [6.07, 6.45) is 1.72. The van der Waals surface area contributed by atoms with Gasteiger partial charge >= 0.3 is 0 Å². The van der Waals surface area contributed by atoms with Gasteiger partial charge in [0.25, 0.3) is 0 Å². The molecule has 2 N–H and O–H groups in total. The highest BCUT2D eigenvalue weighted by Gasteiger charge is 2.20. The minimum absolute atomic E-state index is 0.151. The van der Waals surface area contributed by atoms with Gasteiger partial charge < -0.3 is 10.3 Å². The van der Waals surface area contributed by atoms with Gasteiger partial charge in [0.05, 0.1) is 5.92 Å². The normalized spacial score (nSPS) is 12.8. The van der Waals surface area contributed by atoms with Crippen LogP contribution in [0.4, 0.5) is 0 Å². The molecule has 2 aromatic rings. The van der Waals surface area contributed by atoms with E-state index in [-0.39, 0.29) is 5.92 Å². The van der Waals surface area contributed by atoms with E-state index in [0.29, 0.717) is 18.4 Å². The van der Waals surface area contributed by atoms with Crippen LogP contribution in [-0.4, -0.2) is 16.7 Å². The van der Waals surface area contributed by atoms with E-state index in [0.717, 1.165) is 18.7 Å². The molecule has 4 nitrogen and oxygen atoms in total. The van der Waals surface area contributed by atoms with E-state index in [1.54, 1.807) is 0 Å². The molecule has 1 heterocycles. The number of aryl methyl sites for hydroxylation is 2. The second-order valence-corrected chi connectivity index (χ2v) is 5.12. The fourth-order valence-electron chi connectivity index (χ4n) is 2.08. The van der Waals surface area contributed by atoms with E-state index in [2.05, 4.69) is 36.1 Å². The fraction of sp³-hybridized carbons (Fsp3) is 0.467. The van der Waals surface area contributed by atoms with Crippen LogP contribution in [0.15, 0.2) is 34.9 Å². The summed E-state index contributed by atoms with van der Waals surface area (Å²) < 4.78 is 5.33. The first-order valence-corrected chi connectivity index (χ1v) is 6.77. The molecule has 0 spiro atoms. The van der Waals surface area contributed by atoms with E-state index in [1.807, 2.05) is 18.2 Å². The topological polar surface area (TPSA) is 64.9 Å². The van der Waals surface area contributed by atoms with Crippen LogP contribution in [0.1, 0.15) is 37.0 Å². The first-order valence-electron chi connectivity index (χ1n) is 6.77. The molecule has 0 aliphatic rings. The van der Waals surface area contributed by atoms with Crippen molar-refractivity contribution in [2.45, 2.75) is 32.6 Å². The number of aromatic nitrogens is 2. The van der Waals surface area contributed by atoms with Gasteiger partial charge in [0.15, 0.2) is 5.82 Å². The van der Waals surface area contributed by atoms with Crippen LogP contribution < -0.4 is 5.73 Å². The maximum absolute atomic E-state index is 5.75. The molecule has 1 aromatic carbocycles. The zero-order valence-electron chi connectivity index (χ0n) is 11.5. The molecule has 0 bridgehead atoms. The number of benzene rings is 1. The Bertz CT molecular complexity index is 493. The Morgan fingerprint density at radius 3 is 2.53 bits per heavy atom. The SMILES string of the molecule is CC(C)C(CN)c1nc(CCc2ccccc2)no1. The Hall–Kier alpha value is -1.68. The van der Waals surface area contributed by atoms with Crippen LogP contribution in [-0.2, 0) is 12.8 Å². The fourth-order valence-corrected chi connectivity index (χ4v) is 2.08. The summed E-state index contributed by atoms with van der Waals surface area (Å²) in [6.45, 7) is 4.77. The second-order valence-electron chi connectivity index (χ2n) is 5.12.